The van der Waals surface area contributed by atoms with Gasteiger partial charge in [-0.3, -0.25) is 4.79 Å². The molecule has 2 aromatic rings. The first-order valence-corrected chi connectivity index (χ1v) is 8.57. The Labute approximate surface area is 152 Å². The highest BCUT2D eigenvalue weighted by atomic mass is 19.1. The number of amides is 1. The first kappa shape index (κ1) is 18.1. The van der Waals surface area contributed by atoms with E-state index in [-0.39, 0.29) is 18.3 Å². The predicted octanol–water partition coefficient (Wildman–Crippen LogP) is 2.21. The number of rotatable bonds is 6. The summed E-state index contributed by atoms with van der Waals surface area (Å²) in [5.74, 6) is 0.298. The van der Waals surface area contributed by atoms with Crippen LogP contribution in [0.15, 0.2) is 42.6 Å². The minimum Gasteiger partial charge on any atom is -0.489 e. The van der Waals surface area contributed by atoms with Gasteiger partial charge >= 0.3 is 0 Å². The molecule has 0 atom stereocenters. The minimum atomic E-state index is -0.414. The Balaban J connectivity index is 1.62. The van der Waals surface area contributed by atoms with Crippen LogP contribution in [0, 0.1) is 5.82 Å². The number of aromatic nitrogens is 1. The quantitative estimate of drug-likeness (QED) is 0.792. The number of carbonyl (C=O) groups is 1. The highest BCUT2D eigenvalue weighted by Crippen LogP contribution is 2.20. The predicted molar refractivity (Wildman–Crippen MR) is 96.1 cm³/mol. The van der Waals surface area contributed by atoms with Crippen LogP contribution in [0.5, 0.6) is 5.75 Å². The molecule has 0 saturated carbocycles. The van der Waals surface area contributed by atoms with Crippen molar-refractivity contribution in [2.45, 2.75) is 0 Å². The lowest BCUT2D eigenvalue weighted by Crippen LogP contribution is -2.39. The normalized spacial score (nSPS) is 14.2. The van der Waals surface area contributed by atoms with Crippen molar-refractivity contribution in [3.63, 3.8) is 0 Å². The molecule has 3 rings (SSSR count). The van der Waals surface area contributed by atoms with Crippen LogP contribution >= 0.6 is 0 Å². The van der Waals surface area contributed by atoms with Gasteiger partial charge in [0.1, 0.15) is 12.4 Å². The van der Waals surface area contributed by atoms with Crippen LogP contribution in [-0.2, 0) is 4.74 Å². The molecule has 0 bridgehead atoms. The number of likely N-dealkylation sites (N-methyl/N-ethyl adjacent to an activating group) is 1. The Morgan fingerprint density at radius 3 is 2.81 bits per heavy atom. The summed E-state index contributed by atoms with van der Waals surface area (Å²) in [5.41, 5.74) is 0.544. The Morgan fingerprint density at radius 2 is 2.04 bits per heavy atom. The van der Waals surface area contributed by atoms with Crippen molar-refractivity contribution >= 4 is 11.7 Å². The summed E-state index contributed by atoms with van der Waals surface area (Å²) in [6.45, 7) is 3.20. The summed E-state index contributed by atoms with van der Waals surface area (Å²) in [7, 11) is 1.70. The molecule has 138 valence electrons. The van der Waals surface area contributed by atoms with E-state index in [4.69, 9.17) is 9.47 Å². The van der Waals surface area contributed by atoms with E-state index in [0.29, 0.717) is 44.2 Å². The number of nitrogens with zero attached hydrogens (tertiary/aromatic N) is 3. The molecule has 1 saturated heterocycles. The Bertz CT molecular complexity index is 750. The summed E-state index contributed by atoms with van der Waals surface area (Å²) in [5, 5.41) is 0. The van der Waals surface area contributed by atoms with Crippen molar-refractivity contribution in [2.75, 3.05) is 51.4 Å². The first-order chi connectivity index (χ1) is 12.7. The number of anilines is 1. The van der Waals surface area contributed by atoms with Gasteiger partial charge in [0, 0.05) is 26.3 Å². The van der Waals surface area contributed by atoms with Crippen LogP contribution in [0.4, 0.5) is 10.2 Å². The van der Waals surface area contributed by atoms with E-state index in [0.717, 1.165) is 0 Å². The van der Waals surface area contributed by atoms with Crippen molar-refractivity contribution < 1.29 is 18.7 Å². The Hall–Kier alpha value is -2.67. The molecule has 1 aliphatic rings. The standard InChI is InChI=1S/C19H22FN3O3/c1-22(9-14-26-17-7-3-2-6-16(17)20)19(24)15-5-4-8-21-18(15)23-10-12-25-13-11-23/h2-8H,9-14H2,1H3. The number of hydrogen-bond acceptors (Lipinski definition) is 5. The van der Waals surface area contributed by atoms with E-state index in [1.54, 1.807) is 48.5 Å². The van der Waals surface area contributed by atoms with Crippen molar-refractivity contribution in [2.24, 2.45) is 0 Å². The lowest BCUT2D eigenvalue weighted by atomic mass is 10.2. The van der Waals surface area contributed by atoms with Crippen molar-refractivity contribution in [3.8, 4) is 5.75 Å². The molecule has 6 nitrogen and oxygen atoms in total. The average molecular weight is 359 g/mol. The molecule has 0 aliphatic carbocycles. The molecule has 0 radical (unpaired) electrons. The first-order valence-electron chi connectivity index (χ1n) is 8.57. The largest absolute Gasteiger partial charge is 0.489 e. The van der Waals surface area contributed by atoms with E-state index < -0.39 is 5.82 Å². The van der Waals surface area contributed by atoms with E-state index in [1.165, 1.54) is 6.07 Å². The number of morpholine rings is 1. The number of ether oxygens (including phenoxy) is 2. The van der Waals surface area contributed by atoms with E-state index in [2.05, 4.69) is 9.88 Å². The van der Waals surface area contributed by atoms with Gasteiger partial charge in [-0.15, -0.1) is 0 Å². The number of pyridine rings is 1. The second-order valence-electron chi connectivity index (χ2n) is 5.98. The molecule has 0 N–H and O–H groups in total. The Kier molecular flexibility index (Phi) is 6.01. The van der Waals surface area contributed by atoms with E-state index in [9.17, 15) is 9.18 Å². The zero-order valence-corrected chi connectivity index (χ0v) is 14.7. The number of benzene rings is 1. The Morgan fingerprint density at radius 1 is 1.27 bits per heavy atom. The topological polar surface area (TPSA) is 54.9 Å². The summed E-state index contributed by atoms with van der Waals surface area (Å²) in [6.07, 6.45) is 1.68. The molecule has 7 heteroatoms. The van der Waals surface area contributed by atoms with Crippen LogP contribution in [-0.4, -0.2) is 62.3 Å². The maximum atomic E-state index is 13.6. The fraction of sp³-hybridized carbons (Fsp3) is 0.368. The molecular formula is C19H22FN3O3. The van der Waals surface area contributed by atoms with Crippen molar-refractivity contribution in [1.29, 1.82) is 0 Å². The fourth-order valence-corrected chi connectivity index (χ4v) is 2.75. The zero-order chi connectivity index (χ0) is 18.4. The third-order valence-electron chi connectivity index (χ3n) is 4.20. The second kappa shape index (κ2) is 8.62. The minimum absolute atomic E-state index is 0.142. The van der Waals surface area contributed by atoms with Crippen LogP contribution in [0.2, 0.25) is 0 Å². The monoisotopic (exact) mass is 359 g/mol. The lowest BCUT2D eigenvalue weighted by molar-refractivity contribution is 0.0771. The summed E-state index contributed by atoms with van der Waals surface area (Å²) in [4.78, 5) is 20.8. The van der Waals surface area contributed by atoms with Gasteiger partial charge in [-0.05, 0) is 24.3 Å². The molecule has 1 amide bonds. The van der Waals surface area contributed by atoms with Crippen molar-refractivity contribution in [3.05, 3.63) is 54.0 Å². The smallest absolute Gasteiger partial charge is 0.257 e. The van der Waals surface area contributed by atoms with Crippen molar-refractivity contribution in [1.82, 2.24) is 9.88 Å². The molecule has 1 fully saturated rings. The van der Waals surface area contributed by atoms with Crippen LogP contribution in [0.1, 0.15) is 10.4 Å². The van der Waals surface area contributed by atoms with Gasteiger partial charge < -0.3 is 19.3 Å². The molecule has 1 aliphatic heterocycles. The molecule has 26 heavy (non-hydrogen) atoms. The van der Waals surface area contributed by atoms with Gasteiger partial charge in [0.25, 0.3) is 5.91 Å². The maximum absolute atomic E-state index is 13.6. The third kappa shape index (κ3) is 4.29. The van der Waals surface area contributed by atoms with Crippen LogP contribution in [0.3, 0.4) is 0 Å². The number of halogens is 1. The molecule has 1 aromatic carbocycles. The van der Waals surface area contributed by atoms with Gasteiger partial charge in [0.05, 0.1) is 25.3 Å². The third-order valence-corrected chi connectivity index (χ3v) is 4.20. The number of hydrogen-bond donors (Lipinski definition) is 0. The highest BCUT2D eigenvalue weighted by Gasteiger charge is 2.22. The molecule has 2 heterocycles. The molecule has 0 spiro atoms. The van der Waals surface area contributed by atoms with E-state index >= 15 is 0 Å². The lowest BCUT2D eigenvalue weighted by Gasteiger charge is -2.29. The van der Waals surface area contributed by atoms with Gasteiger partial charge in [-0.25, -0.2) is 9.37 Å². The summed E-state index contributed by atoms with van der Waals surface area (Å²) >= 11 is 0. The molecular weight excluding hydrogens is 337 g/mol. The van der Waals surface area contributed by atoms with Gasteiger partial charge in [-0.1, -0.05) is 12.1 Å². The molecule has 0 unspecified atom stereocenters. The van der Waals surface area contributed by atoms with Gasteiger partial charge in [0.2, 0.25) is 0 Å². The maximum Gasteiger partial charge on any atom is 0.257 e. The van der Waals surface area contributed by atoms with Gasteiger partial charge in [-0.2, -0.15) is 0 Å². The van der Waals surface area contributed by atoms with Crippen LogP contribution in [0.25, 0.3) is 0 Å². The number of carbonyl (C=O) groups excluding carboxylic acids is 1. The summed E-state index contributed by atoms with van der Waals surface area (Å²) < 4.78 is 24.4. The SMILES string of the molecule is CN(CCOc1ccccc1F)C(=O)c1cccnc1N1CCOCC1. The van der Waals surface area contributed by atoms with E-state index in [1.807, 2.05) is 0 Å². The van der Waals surface area contributed by atoms with Crippen LogP contribution < -0.4 is 9.64 Å². The fourth-order valence-electron chi connectivity index (χ4n) is 2.75. The molecule has 1 aromatic heterocycles. The summed E-state index contributed by atoms with van der Waals surface area (Å²) in [6, 6.07) is 9.74. The number of para-hydroxylation sites is 1. The second-order valence-corrected chi connectivity index (χ2v) is 5.98. The zero-order valence-electron chi connectivity index (χ0n) is 14.7. The average Bonchev–Trinajstić information content (AvgIpc) is 2.69. The van der Waals surface area contributed by atoms with Gasteiger partial charge in [0.15, 0.2) is 11.6 Å². The highest BCUT2D eigenvalue weighted by molar-refractivity contribution is 5.98.